The maximum absolute atomic E-state index is 12.4. The van der Waals surface area contributed by atoms with E-state index in [9.17, 15) is 18.4 Å². The second kappa shape index (κ2) is 9.13. The number of halogens is 2. The van der Waals surface area contributed by atoms with E-state index in [0.717, 1.165) is 0 Å². The zero-order chi connectivity index (χ0) is 19.8. The third-order valence-electron chi connectivity index (χ3n) is 3.08. The van der Waals surface area contributed by atoms with E-state index in [1.54, 1.807) is 0 Å². The molecule has 2 rings (SSSR count). The normalized spacial score (nSPS) is 11.1. The largest absolute Gasteiger partial charge is 0.484 e. The van der Waals surface area contributed by atoms with Crippen molar-refractivity contribution in [1.82, 2.24) is 0 Å². The van der Waals surface area contributed by atoms with Crippen LogP contribution in [0.1, 0.15) is 15.9 Å². The summed E-state index contributed by atoms with van der Waals surface area (Å²) in [6, 6.07) is 11.4. The van der Waals surface area contributed by atoms with Crippen molar-refractivity contribution in [2.75, 3.05) is 6.61 Å². The Hall–Kier alpha value is -3.69. The van der Waals surface area contributed by atoms with Crippen molar-refractivity contribution in [3.8, 4) is 11.5 Å². The van der Waals surface area contributed by atoms with Crippen LogP contribution in [0.2, 0.25) is 0 Å². The molecule has 1 amide bonds. The Balaban J connectivity index is 2.05. The van der Waals surface area contributed by atoms with Gasteiger partial charge >= 0.3 is 12.6 Å². The first-order valence-corrected chi connectivity index (χ1v) is 7.47. The summed E-state index contributed by atoms with van der Waals surface area (Å²) in [4.78, 5) is 27.4. The highest BCUT2D eigenvalue weighted by atomic mass is 19.3. The van der Waals surface area contributed by atoms with Gasteiger partial charge in [-0.25, -0.2) is 4.79 Å². The molecule has 0 saturated carbocycles. The van der Waals surface area contributed by atoms with Gasteiger partial charge in [-0.3, -0.25) is 4.79 Å². The molecule has 0 aromatic heterocycles. The highest BCUT2D eigenvalue weighted by Crippen LogP contribution is 2.21. The molecule has 2 aromatic carbocycles. The Kier molecular flexibility index (Phi) is 6.64. The Morgan fingerprint density at radius 3 is 2.33 bits per heavy atom. The number of carbonyl (C=O) groups excluding carboxylic acids is 2. The Bertz CT molecular complexity index is 841. The van der Waals surface area contributed by atoms with E-state index in [1.807, 2.05) is 0 Å². The van der Waals surface area contributed by atoms with Crippen LogP contribution in [0, 0.1) is 0 Å². The predicted molar refractivity (Wildman–Crippen MR) is 90.3 cm³/mol. The molecule has 10 heteroatoms. The fraction of sp³-hybridized carbons (Fsp3) is 0.118. The highest BCUT2D eigenvalue weighted by Gasteiger charge is 2.17. The quantitative estimate of drug-likeness (QED) is 0.311. The van der Waals surface area contributed by atoms with Crippen molar-refractivity contribution in [2.24, 2.45) is 16.6 Å². The van der Waals surface area contributed by atoms with Gasteiger partial charge in [-0.15, -0.1) is 0 Å². The SMILES string of the molecule is NC(=O)COc1ccc(/C(N)=N/OC(=O)c2ccccc2OC(F)F)cc1. The van der Waals surface area contributed by atoms with E-state index in [2.05, 4.69) is 14.7 Å². The summed E-state index contributed by atoms with van der Waals surface area (Å²) in [5.41, 5.74) is 10.9. The van der Waals surface area contributed by atoms with E-state index in [4.69, 9.17) is 16.2 Å². The lowest BCUT2D eigenvalue weighted by Crippen LogP contribution is -2.20. The molecule has 0 saturated heterocycles. The molecule has 0 aliphatic rings. The maximum Gasteiger partial charge on any atom is 0.387 e. The summed E-state index contributed by atoms with van der Waals surface area (Å²) in [5.74, 6) is -1.75. The summed E-state index contributed by atoms with van der Waals surface area (Å²) in [6.45, 7) is -3.37. The van der Waals surface area contributed by atoms with Gasteiger partial charge in [0.05, 0.1) is 0 Å². The van der Waals surface area contributed by atoms with Crippen molar-refractivity contribution in [3.05, 3.63) is 59.7 Å². The minimum atomic E-state index is -3.09. The molecule has 0 bridgehead atoms. The summed E-state index contributed by atoms with van der Waals surface area (Å²) < 4.78 is 34.1. The molecule has 27 heavy (non-hydrogen) atoms. The fourth-order valence-corrected chi connectivity index (χ4v) is 1.90. The molecule has 8 nitrogen and oxygen atoms in total. The summed E-state index contributed by atoms with van der Waals surface area (Å²) in [6.07, 6.45) is 0. The average molecular weight is 379 g/mol. The number of oxime groups is 1. The van der Waals surface area contributed by atoms with E-state index < -0.39 is 18.5 Å². The number of ether oxygens (including phenoxy) is 2. The third-order valence-corrected chi connectivity index (χ3v) is 3.08. The molecule has 142 valence electrons. The van der Waals surface area contributed by atoms with Crippen molar-refractivity contribution < 1.29 is 32.7 Å². The van der Waals surface area contributed by atoms with Gasteiger partial charge in [0.1, 0.15) is 17.1 Å². The number of carbonyl (C=O) groups is 2. The molecule has 0 aliphatic heterocycles. The number of nitrogens with two attached hydrogens (primary N) is 2. The number of para-hydroxylation sites is 1. The topological polar surface area (TPSA) is 126 Å². The van der Waals surface area contributed by atoms with E-state index in [1.165, 1.54) is 48.5 Å². The number of nitrogens with zero attached hydrogens (tertiary/aromatic N) is 1. The van der Waals surface area contributed by atoms with Crippen molar-refractivity contribution in [1.29, 1.82) is 0 Å². The minimum Gasteiger partial charge on any atom is -0.484 e. The molecule has 0 atom stereocenters. The standard InChI is InChI=1S/C17H15F2N3O5/c18-17(19)26-13-4-2-1-3-12(13)16(24)27-22-15(21)10-5-7-11(8-6-10)25-9-14(20)23/h1-8,17H,9H2,(H2,20,23)(H2,21,22). The number of rotatable bonds is 8. The van der Waals surface area contributed by atoms with Crippen LogP contribution >= 0.6 is 0 Å². The lowest BCUT2D eigenvalue weighted by atomic mass is 10.2. The number of hydrogen-bond donors (Lipinski definition) is 2. The van der Waals surface area contributed by atoms with Crippen molar-refractivity contribution >= 4 is 17.7 Å². The molecule has 0 aliphatic carbocycles. The highest BCUT2D eigenvalue weighted by molar-refractivity contribution is 5.98. The first-order chi connectivity index (χ1) is 12.9. The molecule has 4 N–H and O–H groups in total. The van der Waals surface area contributed by atoms with Gasteiger partial charge in [0.2, 0.25) is 0 Å². The second-order valence-corrected chi connectivity index (χ2v) is 5.01. The van der Waals surface area contributed by atoms with Gasteiger partial charge < -0.3 is 25.8 Å². The fourth-order valence-electron chi connectivity index (χ4n) is 1.90. The van der Waals surface area contributed by atoms with Crippen LogP contribution < -0.4 is 20.9 Å². The van der Waals surface area contributed by atoms with Crippen LogP contribution in [0.4, 0.5) is 8.78 Å². The average Bonchev–Trinajstić information content (AvgIpc) is 2.64. The van der Waals surface area contributed by atoms with E-state index in [0.29, 0.717) is 11.3 Å². The molecule has 0 heterocycles. The van der Waals surface area contributed by atoms with Crippen LogP contribution in [-0.2, 0) is 9.63 Å². The number of amides is 1. The molecule has 2 aromatic rings. The zero-order valence-electron chi connectivity index (χ0n) is 13.8. The molecular formula is C17H15F2N3O5. The van der Waals surface area contributed by atoms with Crippen LogP contribution in [0.5, 0.6) is 11.5 Å². The first kappa shape index (κ1) is 19.6. The number of benzene rings is 2. The monoisotopic (exact) mass is 379 g/mol. The number of alkyl halides is 2. The molecular weight excluding hydrogens is 364 g/mol. The van der Waals surface area contributed by atoms with E-state index >= 15 is 0 Å². The Morgan fingerprint density at radius 2 is 1.70 bits per heavy atom. The first-order valence-electron chi connectivity index (χ1n) is 7.47. The minimum absolute atomic E-state index is 0.142. The van der Waals surface area contributed by atoms with Crippen molar-refractivity contribution in [3.63, 3.8) is 0 Å². The number of primary amides is 1. The van der Waals surface area contributed by atoms with Gasteiger partial charge in [0, 0.05) is 5.56 Å². The van der Waals surface area contributed by atoms with Gasteiger partial charge in [-0.2, -0.15) is 8.78 Å². The molecule has 0 fully saturated rings. The van der Waals surface area contributed by atoms with Crippen LogP contribution in [-0.4, -0.2) is 30.9 Å². The Labute approximate surface area is 152 Å². The summed E-state index contributed by atoms with van der Waals surface area (Å²) in [7, 11) is 0. The van der Waals surface area contributed by atoms with Crippen molar-refractivity contribution in [2.45, 2.75) is 6.61 Å². The number of hydrogen-bond acceptors (Lipinski definition) is 6. The predicted octanol–water partition coefficient (Wildman–Crippen LogP) is 1.63. The summed E-state index contributed by atoms with van der Waals surface area (Å²) >= 11 is 0. The van der Waals surface area contributed by atoms with Crippen LogP contribution in [0.3, 0.4) is 0 Å². The zero-order valence-corrected chi connectivity index (χ0v) is 13.8. The van der Waals surface area contributed by atoms with E-state index in [-0.39, 0.29) is 23.8 Å². The second-order valence-electron chi connectivity index (χ2n) is 5.01. The third kappa shape index (κ3) is 5.96. The molecule has 0 unspecified atom stereocenters. The lowest BCUT2D eigenvalue weighted by molar-refractivity contribution is -0.119. The lowest BCUT2D eigenvalue weighted by Gasteiger charge is -2.08. The summed E-state index contributed by atoms with van der Waals surface area (Å²) in [5, 5.41) is 3.48. The van der Waals surface area contributed by atoms with Gasteiger partial charge in [0.25, 0.3) is 5.91 Å². The molecule has 0 spiro atoms. The maximum atomic E-state index is 12.4. The molecule has 0 radical (unpaired) electrons. The van der Waals surface area contributed by atoms with Gasteiger partial charge in [0.15, 0.2) is 12.4 Å². The smallest absolute Gasteiger partial charge is 0.387 e. The number of amidine groups is 1. The Morgan fingerprint density at radius 1 is 1.04 bits per heavy atom. The van der Waals surface area contributed by atoms with Gasteiger partial charge in [-0.1, -0.05) is 17.3 Å². The van der Waals surface area contributed by atoms with Gasteiger partial charge in [-0.05, 0) is 36.4 Å². The van der Waals surface area contributed by atoms with Crippen LogP contribution in [0.25, 0.3) is 0 Å². The van der Waals surface area contributed by atoms with Crippen LogP contribution in [0.15, 0.2) is 53.7 Å².